The Morgan fingerprint density at radius 1 is 1.00 bits per heavy atom. The van der Waals surface area contributed by atoms with E-state index in [0.717, 1.165) is 6.42 Å². The normalized spacial score (nSPS) is 26.5. The van der Waals surface area contributed by atoms with E-state index in [-0.39, 0.29) is 0 Å². The van der Waals surface area contributed by atoms with Crippen LogP contribution < -0.4 is 0 Å². The molecule has 1 aliphatic carbocycles. The molecule has 1 aromatic rings. The Kier molecular flexibility index (Phi) is 3.79. The second-order valence-electron chi connectivity index (χ2n) is 4.68. The molecule has 1 aliphatic rings. The highest BCUT2D eigenvalue weighted by atomic mass is 16.3. The molecule has 0 aromatic heterocycles. The van der Waals surface area contributed by atoms with Crippen molar-refractivity contribution in [2.24, 2.45) is 11.8 Å². The number of rotatable bonds is 3. The lowest BCUT2D eigenvalue weighted by molar-refractivity contribution is 0.134. The standard InChI is InChI=1S/C14H20O/c15-11-14-9-5-4-8-13(14)10-12-6-2-1-3-7-12/h1-3,6-7,13-15H,4-5,8-11H2/t13-,14-/m1/s1. The molecule has 0 spiro atoms. The van der Waals surface area contributed by atoms with Crippen molar-refractivity contribution < 1.29 is 5.11 Å². The minimum absolute atomic E-state index is 0.373. The highest BCUT2D eigenvalue weighted by Crippen LogP contribution is 2.32. The van der Waals surface area contributed by atoms with Crippen molar-refractivity contribution in [1.29, 1.82) is 0 Å². The predicted molar refractivity (Wildman–Crippen MR) is 62.7 cm³/mol. The first-order chi connectivity index (χ1) is 7.40. The van der Waals surface area contributed by atoms with Gasteiger partial charge < -0.3 is 5.11 Å². The topological polar surface area (TPSA) is 20.2 Å². The SMILES string of the molecule is OC[C@H]1CCCC[C@@H]1Cc1ccccc1. The van der Waals surface area contributed by atoms with Gasteiger partial charge in [-0.2, -0.15) is 0 Å². The number of aliphatic hydroxyl groups is 1. The van der Waals surface area contributed by atoms with E-state index in [9.17, 15) is 5.11 Å². The summed E-state index contributed by atoms with van der Waals surface area (Å²) in [5.41, 5.74) is 1.42. The summed E-state index contributed by atoms with van der Waals surface area (Å²) in [5.74, 6) is 1.24. The summed E-state index contributed by atoms with van der Waals surface area (Å²) in [5, 5.41) is 9.34. The van der Waals surface area contributed by atoms with Crippen molar-refractivity contribution in [2.75, 3.05) is 6.61 Å². The van der Waals surface area contributed by atoms with Crippen LogP contribution in [0.2, 0.25) is 0 Å². The summed E-state index contributed by atoms with van der Waals surface area (Å²) < 4.78 is 0. The molecule has 1 nitrogen and oxygen atoms in total. The maximum absolute atomic E-state index is 9.34. The monoisotopic (exact) mass is 204 g/mol. The van der Waals surface area contributed by atoms with Gasteiger partial charge in [-0.05, 0) is 36.7 Å². The molecule has 0 heterocycles. The van der Waals surface area contributed by atoms with Crippen molar-refractivity contribution >= 4 is 0 Å². The van der Waals surface area contributed by atoms with Crippen LogP contribution in [-0.4, -0.2) is 11.7 Å². The Hall–Kier alpha value is -0.820. The summed E-state index contributed by atoms with van der Waals surface area (Å²) >= 11 is 0. The molecule has 0 saturated heterocycles. The molecular weight excluding hydrogens is 184 g/mol. The fourth-order valence-electron chi connectivity index (χ4n) is 2.71. The molecule has 15 heavy (non-hydrogen) atoms. The molecule has 0 unspecified atom stereocenters. The molecule has 2 rings (SSSR count). The summed E-state index contributed by atoms with van der Waals surface area (Å²) in [6, 6.07) is 10.7. The highest BCUT2D eigenvalue weighted by Gasteiger charge is 2.24. The lowest BCUT2D eigenvalue weighted by Crippen LogP contribution is -2.24. The smallest absolute Gasteiger partial charge is 0.0462 e. The third-order valence-electron chi connectivity index (χ3n) is 3.64. The average Bonchev–Trinajstić information content (AvgIpc) is 2.31. The van der Waals surface area contributed by atoms with Gasteiger partial charge in [0.1, 0.15) is 0 Å². The third-order valence-corrected chi connectivity index (χ3v) is 3.64. The van der Waals surface area contributed by atoms with E-state index >= 15 is 0 Å². The molecule has 0 radical (unpaired) electrons. The van der Waals surface area contributed by atoms with E-state index < -0.39 is 0 Å². The van der Waals surface area contributed by atoms with Crippen LogP contribution in [-0.2, 0) is 6.42 Å². The largest absolute Gasteiger partial charge is 0.396 e. The van der Waals surface area contributed by atoms with Crippen molar-refractivity contribution in [2.45, 2.75) is 32.1 Å². The van der Waals surface area contributed by atoms with Crippen molar-refractivity contribution in [1.82, 2.24) is 0 Å². The van der Waals surface area contributed by atoms with Crippen molar-refractivity contribution in [3.05, 3.63) is 35.9 Å². The lowest BCUT2D eigenvalue weighted by Gasteiger charge is -2.30. The van der Waals surface area contributed by atoms with Crippen molar-refractivity contribution in [3.63, 3.8) is 0 Å². The Balaban J connectivity index is 1.97. The lowest BCUT2D eigenvalue weighted by atomic mass is 9.76. The third kappa shape index (κ3) is 2.82. The Bertz CT molecular complexity index is 281. The van der Waals surface area contributed by atoms with Crippen LogP contribution >= 0.6 is 0 Å². The molecule has 1 heteroatoms. The van der Waals surface area contributed by atoms with E-state index in [4.69, 9.17) is 0 Å². The zero-order chi connectivity index (χ0) is 10.5. The van der Waals surface area contributed by atoms with Gasteiger partial charge in [-0.1, -0.05) is 43.2 Å². The number of hydrogen-bond acceptors (Lipinski definition) is 1. The van der Waals surface area contributed by atoms with Crippen LogP contribution in [0.15, 0.2) is 30.3 Å². The zero-order valence-corrected chi connectivity index (χ0v) is 9.23. The Labute approximate surface area is 92.1 Å². The summed E-state index contributed by atoms with van der Waals surface area (Å²) in [6.07, 6.45) is 6.30. The van der Waals surface area contributed by atoms with Gasteiger partial charge in [-0.3, -0.25) is 0 Å². The predicted octanol–water partition coefficient (Wildman–Crippen LogP) is 3.03. The number of benzene rings is 1. The first-order valence-electron chi connectivity index (χ1n) is 6.05. The van der Waals surface area contributed by atoms with Gasteiger partial charge in [0, 0.05) is 6.61 Å². The second-order valence-corrected chi connectivity index (χ2v) is 4.68. The van der Waals surface area contributed by atoms with Crippen LogP contribution in [0.1, 0.15) is 31.2 Å². The molecule has 0 amide bonds. The van der Waals surface area contributed by atoms with Crippen LogP contribution in [0.4, 0.5) is 0 Å². The maximum Gasteiger partial charge on any atom is 0.0462 e. The van der Waals surface area contributed by atoms with Gasteiger partial charge >= 0.3 is 0 Å². The first kappa shape index (κ1) is 10.7. The molecule has 1 aromatic carbocycles. The molecule has 0 aliphatic heterocycles. The summed E-state index contributed by atoms with van der Waals surface area (Å²) in [7, 11) is 0. The summed E-state index contributed by atoms with van der Waals surface area (Å²) in [4.78, 5) is 0. The van der Waals surface area contributed by atoms with E-state index in [2.05, 4.69) is 30.3 Å². The first-order valence-corrected chi connectivity index (χ1v) is 6.05. The fourth-order valence-corrected chi connectivity index (χ4v) is 2.71. The Morgan fingerprint density at radius 2 is 1.67 bits per heavy atom. The van der Waals surface area contributed by atoms with Crippen LogP contribution in [0.25, 0.3) is 0 Å². The van der Waals surface area contributed by atoms with Gasteiger partial charge in [0.05, 0.1) is 0 Å². The van der Waals surface area contributed by atoms with Crippen molar-refractivity contribution in [3.8, 4) is 0 Å². The fraction of sp³-hybridized carbons (Fsp3) is 0.571. The minimum Gasteiger partial charge on any atom is -0.396 e. The van der Waals surface area contributed by atoms with Crippen LogP contribution in [0.5, 0.6) is 0 Å². The quantitative estimate of drug-likeness (QED) is 0.802. The van der Waals surface area contributed by atoms with Crippen LogP contribution in [0, 0.1) is 11.8 Å². The average molecular weight is 204 g/mol. The summed E-state index contributed by atoms with van der Waals surface area (Å²) in [6.45, 7) is 0.373. The molecule has 2 atom stereocenters. The molecule has 1 N–H and O–H groups in total. The van der Waals surface area contributed by atoms with Gasteiger partial charge in [0.2, 0.25) is 0 Å². The highest BCUT2D eigenvalue weighted by molar-refractivity contribution is 5.15. The maximum atomic E-state index is 9.34. The molecule has 82 valence electrons. The molecular formula is C14H20O. The molecule has 1 fully saturated rings. The van der Waals surface area contributed by atoms with E-state index in [1.807, 2.05) is 0 Å². The van der Waals surface area contributed by atoms with E-state index in [1.165, 1.54) is 31.2 Å². The second kappa shape index (κ2) is 5.32. The van der Waals surface area contributed by atoms with Gasteiger partial charge in [-0.15, -0.1) is 0 Å². The molecule has 0 bridgehead atoms. The zero-order valence-electron chi connectivity index (χ0n) is 9.23. The van der Waals surface area contributed by atoms with E-state index in [1.54, 1.807) is 0 Å². The van der Waals surface area contributed by atoms with Gasteiger partial charge in [-0.25, -0.2) is 0 Å². The Morgan fingerprint density at radius 3 is 2.33 bits per heavy atom. The minimum atomic E-state index is 0.373. The van der Waals surface area contributed by atoms with Gasteiger partial charge in [0.15, 0.2) is 0 Å². The molecule has 1 saturated carbocycles. The van der Waals surface area contributed by atoms with E-state index in [0.29, 0.717) is 18.4 Å². The number of hydrogen-bond donors (Lipinski definition) is 1. The van der Waals surface area contributed by atoms with Gasteiger partial charge in [0.25, 0.3) is 0 Å². The van der Waals surface area contributed by atoms with Crippen LogP contribution in [0.3, 0.4) is 0 Å². The number of aliphatic hydroxyl groups excluding tert-OH is 1.